The van der Waals surface area contributed by atoms with E-state index in [0.717, 1.165) is 54.9 Å². The van der Waals surface area contributed by atoms with Crippen molar-refractivity contribution < 1.29 is 9.47 Å². The zero-order valence-corrected chi connectivity index (χ0v) is 21.8. The van der Waals surface area contributed by atoms with E-state index in [1.807, 2.05) is 56.4 Å². The number of pyridine rings is 1. The van der Waals surface area contributed by atoms with Crippen LogP contribution in [0.2, 0.25) is 5.02 Å². The Labute approximate surface area is 212 Å². The molecule has 0 spiro atoms. The van der Waals surface area contributed by atoms with Crippen LogP contribution < -0.4 is 19.1 Å². The lowest BCUT2D eigenvalue weighted by molar-refractivity contribution is 0.249. The first-order valence-electron chi connectivity index (χ1n) is 11.5. The molecule has 8 heteroatoms. The number of hydrogen-bond donors (Lipinski definition) is 1. The number of ether oxygens (including phenoxy) is 2. The number of methoxy groups -OCH3 is 2. The van der Waals surface area contributed by atoms with Crippen molar-refractivity contribution in [3.63, 3.8) is 0 Å². The maximum atomic E-state index is 6.10. The average Bonchev–Trinajstić information content (AvgIpc) is 2.90. The van der Waals surface area contributed by atoms with Crippen molar-refractivity contribution in [3.05, 3.63) is 71.4 Å². The Hall–Kier alpha value is -2.61. The maximum Gasteiger partial charge on any atom is 0.142 e. The predicted octanol–water partition coefficient (Wildman–Crippen LogP) is 6.22. The molecule has 1 aromatic heterocycles. The second kappa shape index (κ2) is 13.3. The molecular formula is C26H33ClN4O2S. The smallest absolute Gasteiger partial charge is 0.142 e. The van der Waals surface area contributed by atoms with Gasteiger partial charge in [0.25, 0.3) is 0 Å². The summed E-state index contributed by atoms with van der Waals surface area (Å²) in [7, 11) is 3.38. The molecule has 1 aliphatic heterocycles. The fourth-order valence-electron chi connectivity index (χ4n) is 3.71. The highest BCUT2D eigenvalue weighted by molar-refractivity contribution is 8.00. The Morgan fingerprint density at radius 2 is 1.68 bits per heavy atom. The number of rotatable bonds is 8. The topological polar surface area (TPSA) is 49.9 Å². The van der Waals surface area contributed by atoms with E-state index in [-0.39, 0.29) is 0 Å². The molecule has 6 nitrogen and oxygen atoms in total. The average molecular weight is 501 g/mol. The standard InChI is InChI=1S/C24H27ClN4O2S.C2H6/c1-30-21-6-4-3-5-20(21)29-13-11-28(12-14-29)17-18-7-10-24(26-16-18)27-32-23-15-19(25)8-9-22(23)31-2;1-2/h3-10,15-16H,11-14,17H2,1-2H3,(H,26,27);1-2H3. The summed E-state index contributed by atoms with van der Waals surface area (Å²) >= 11 is 7.54. The maximum absolute atomic E-state index is 6.10. The van der Waals surface area contributed by atoms with Crippen LogP contribution in [0, 0.1) is 0 Å². The van der Waals surface area contributed by atoms with Crippen molar-refractivity contribution in [2.45, 2.75) is 25.3 Å². The molecule has 0 atom stereocenters. The van der Waals surface area contributed by atoms with Gasteiger partial charge in [0.2, 0.25) is 0 Å². The zero-order chi connectivity index (χ0) is 24.3. The summed E-state index contributed by atoms with van der Waals surface area (Å²) in [6.07, 6.45) is 1.94. The lowest BCUT2D eigenvalue weighted by atomic mass is 10.2. The SMILES string of the molecule is CC.COc1ccc(Cl)cc1SNc1ccc(CN2CCN(c3ccccc3OC)CC2)cn1. The van der Waals surface area contributed by atoms with Crippen molar-refractivity contribution in [2.75, 3.05) is 50.0 Å². The van der Waals surface area contributed by atoms with Crippen molar-refractivity contribution in [2.24, 2.45) is 0 Å². The third-order valence-electron chi connectivity index (χ3n) is 5.42. The minimum atomic E-state index is 0.671. The van der Waals surface area contributed by atoms with Crippen LogP contribution >= 0.6 is 23.5 Å². The van der Waals surface area contributed by atoms with E-state index in [9.17, 15) is 0 Å². The fraction of sp³-hybridized carbons (Fsp3) is 0.346. The summed E-state index contributed by atoms with van der Waals surface area (Å²) in [5.41, 5.74) is 2.37. The van der Waals surface area contributed by atoms with E-state index in [1.54, 1.807) is 14.2 Å². The van der Waals surface area contributed by atoms with Gasteiger partial charge in [-0.25, -0.2) is 4.98 Å². The summed E-state index contributed by atoms with van der Waals surface area (Å²) < 4.78 is 14.2. The molecule has 4 rings (SSSR count). The first-order chi connectivity index (χ1) is 16.7. The highest BCUT2D eigenvalue weighted by Gasteiger charge is 2.19. The molecule has 3 aromatic rings. The molecule has 182 valence electrons. The largest absolute Gasteiger partial charge is 0.496 e. The second-order valence-electron chi connectivity index (χ2n) is 7.49. The Morgan fingerprint density at radius 1 is 0.941 bits per heavy atom. The van der Waals surface area contributed by atoms with Gasteiger partial charge in [-0.3, -0.25) is 4.90 Å². The number of aromatic nitrogens is 1. The molecule has 1 saturated heterocycles. The van der Waals surface area contributed by atoms with Gasteiger partial charge in [-0.2, -0.15) is 0 Å². The minimum absolute atomic E-state index is 0.671. The van der Waals surface area contributed by atoms with Gasteiger partial charge in [-0.1, -0.05) is 43.6 Å². The Morgan fingerprint density at radius 3 is 2.35 bits per heavy atom. The summed E-state index contributed by atoms with van der Waals surface area (Å²) in [6.45, 7) is 8.85. The molecule has 0 amide bonds. The number of nitrogens with one attached hydrogen (secondary N) is 1. The normalized spacial score (nSPS) is 13.6. The zero-order valence-electron chi connectivity index (χ0n) is 20.3. The van der Waals surface area contributed by atoms with Gasteiger partial charge >= 0.3 is 0 Å². The van der Waals surface area contributed by atoms with Gasteiger partial charge < -0.3 is 19.1 Å². The van der Waals surface area contributed by atoms with Gasteiger partial charge in [0, 0.05) is 43.9 Å². The molecular weight excluding hydrogens is 468 g/mol. The van der Waals surface area contributed by atoms with Gasteiger partial charge in [0.1, 0.15) is 17.3 Å². The lowest BCUT2D eigenvalue weighted by Crippen LogP contribution is -2.46. The van der Waals surface area contributed by atoms with E-state index in [1.165, 1.54) is 23.2 Å². The molecule has 0 radical (unpaired) electrons. The predicted molar refractivity (Wildman–Crippen MR) is 144 cm³/mol. The number of anilines is 2. The highest BCUT2D eigenvalue weighted by Crippen LogP contribution is 2.32. The molecule has 0 bridgehead atoms. The van der Waals surface area contributed by atoms with Crippen LogP contribution in [0.4, 0.5) is 11.5 Å². The molecule has 0 saturated carbocycles. The van der Waals surface area contributed by atoms with E-state index >= 15 is 0 Å². The van der Waals surface area contributed by atoms with Crippen LogP contribution in [-0.2, 0) is 6.54 Å². The number of piperazine rings is 1. The van der Waals surface area contributed by atoms with Gasteiger partial charge in [-0.05, 0) is 53.9 Å². The summed E-state index contributed by atoms with van der Waals surface area (Å²) in [5, 5.41) is 0.671. The van der Waals surface area contributed by atoms with Gasteiger partial charge in [0.15, 0.2) is 0 Å². The van der Waals surface area contributed by atoms with Gasteiger partial charge in [-0.15, -0.1) is 0 Å². The highest BCUT2D eigenvalue weighted by atomic mass is 35.5. The number of nitrogens with zero attached hydrogens (tertiary/aromatic N) is 3. The number of para-hydroxylation sites is 2. The van der Waals surface area contributed by atoms with E-state index < -0.39 is 0 Å². The Kier molecular flexibility index (Phi) is 10.2. The minimum Gasteiger partial charge on any atom is -0.496 e. The molecule has 1 aliphatic rings. The molecule has 0 unspecified atom stereocenters. The molecule has 1 N–H and O–H groups in total. The quantitative estimate of drug-likeness (QED) is 0.368. The van der Waals surface area contributed by atoms with E-state index in [4.69, 9.17) is 21.1 Å². The lowest BCUT2D eigenvalue weighted by Gasteiger charge is -2.36. The van der Waals surface area contributed by atoms with Crippen LogP contribution in [0.5, 0.6) is 11.5 Å². The first-order valence-corrected chi connectivity index (χ1v) is 12.7. The molecule has 1 fully saturated rings. The third-order valence-corrected chi connectivity index (χ3v) is 6.51. The molecule has 2 aromatic carbocycles. The van der Waals surface area contributed by atoms with E-state index in [0.29, 0.717) is 5.02 Å². The Balaban J connectivity index is 0.00000158. The fourth-order valence-corrected chi connectivity index (χ4v) is 4.72. The van der Waals surface area contributed by atoms with Crippen molar-refractivity contribution in [1.82, 2.24) is 9.88 Å². The van der Waals surface area contributed by atoms with Crippen molar-refractivity contribution in [1.29, 1.82) is 0 Å². The van der Waals surface area contributed by atoms with Crippen LogP contribution in [0.3, 0.4) is 0 Å². The van der Waals surface area contributed by atoms with Crippen LogP contribution in [0.15, 0.2) is 65.7 Å². The van der Waals surface area contributed by atoms with E-state index in [2.05, 4.69) is 37.7 Å². The molecule has 0 aliphatic carbocycles. The second-order valence-corrected chi connectivity index (χ2v) is 8.77. The van der Waals surface area contributed by atoms with Crippen LogP contribution in [0.1, 0.15) is 19.4 Å². The van der Waals surface area contributed by atoms with Crippen LogP contribution in [-0.4, -0.2) is 50.3 Å². The number of hydrogen-bond acceptors (Lipinski definition) is 7. The van der Waals surface area contributed by atoms with Crippen molar-refractivity contribution in [3.8, 4) is 11.5 Å². The molecule has 34 heavy (non-hydrogen) atoms. The number of halogens is 1. The van der Waals surface area contributed by atoms with Crippen molar-refractivity contribution >= 4 is 35.1 Å². The third kappa shape index (κ3) is 6.95. The first kappa shape index (κ1) is 26.0. The summed E-state index contributed by atoms with van der Waals surface area (Å²) in [5.74, 6) is 2.50. The Bertz CT molecular complexity index is 1030. The number of benzene rings is 2. The van der Waals surface area contributed by atoms with Crippen LogP contribution in [0.25, 0.3) is 0 Å². The summed E-state index contributed by atoms with van der Waals surface area (Å²) in [4.78, 5) is 10.3. The monoisotopic (exact) mass is 500 g/mol. The van der Waals surface area contributed by atoms with Gasteiger partial charge in [0.05, 0.1) is 24.8 Å². The summed E-state index contributed by atoms with van der Waals surface area (Å²) in [6, 6.07) is 17.9. The molecule has 2 heterocycles.